The summed E-state index contributed by atoms with van der Waals surface area (Å²) < 4.78 is 11.2. The number of carbonyl (C=O) groups is 1. The molecule has 0 heterocycles. The average Bonchev–Trinajstić information content (AvgIpc) is 2.60. The number of amides is 1. The maximum Gasteiger partial charge on any atom is 0.251 e. The summed E-state index contributed by atoms with van der Waals surface area (Å²) in [6.45, 7) is 1.24. The Balaban J connectivity index is 1.72. The molecule has 0 atom stereocenters. The van der Waals surface area contributed by atoms with E-state index >= 15 is 0 Å². The average molecular weight is 315 g/mol. The van der Waals surface area contributed by atoms with E-state index in [0.29, 0.717) is 24.5 Å². The molecule has 0 bridgehead atoms. The van der Waals surface area contributed by atoms with E-state index < -0.39 is 0 Å². The zero-order valence-electron chi connectivity index (χ0n) is 12.9. The van der Waals surface area contributed by atoms with E-state index in [-0.39, 0.29) is 19.1 Å². The fourth-order valence-corrected chi connectivity index (χ4v) is 1.95. The van der Waals surface area contributed by atoms with Gasteiger partial charge in [0.05, 0.1) is 19.8 Å². The molecule has 2 N–H and O–H groups in total. The molecule has 122 valence electrons. The fourth-order valence-electron chi connectivity index (χ4n) is 1.95. The number of aliphatic hydroxyl groups is 1. The molecular formula is C18H21NO4. The van der Waals surface area contributed by atoms with Crippen LogP contribution in [0.15, 0.2) is 54.6 Å². The fraction of sp³-hybridized carbons (Fsp3) is 0.278. The highest BCUT2D eigenvalue weighted by atomic mass is 16.5. The van der Waals surface area contributed by atoms with Gasteiger partial charge in [0.1, 0.15) is 11.5 Å². The molecule has 5 heteroatoms. The van der Waals surface area contributed by atoms with Gasteiger partial charge in [-0.3, -0.25) is 4.79 Å². The molecule has 2 aromatic rings. The molecule has 1 amide bonds. The van der Waals surface area contributed by atoms with Crippen molar-refractivity contribution in [3.63, 3.8) is 0 Å². The molecule has 0 aliphatic rings. The smallest absolute Gasteiger partial charge is 0.251 e. The van der Waals surface area contributed by atoms with Crippen LogP contribution < -0.4 is 14.8 Å². The van der Waals surface area contributed by atoms with Gasteiger partial charge in [0.25, 0.3) is 5.91 Å². The lowest BCUT2D eigenvalue weighted by Crippen LogP contribution is -2.26. The van der Waals surface area contributed by atoms with Crippen molar-refractivity contribution >= 4 is 5.91 Å². The second kappa shape index (κ2) is 9.48. The maximum atomic E-state index is 11.8. The van der Waals surface area contributed by atoms with Crippen LogP contribution in [0.4, 0.5) is 0 Å². The van der Waals surface area contributed by atoms with Gasteiger partial charge < -0.3 is 19.9 Å². The monoisotopic (exact) mass is 315 g/mol. The minimum atomic E-state index is -0.225. The quantitative estimate of drug-likeness (QED) is 0.697. The van der Waals surface area contributed by atoms with Crippen LogP contribution in [0.25, 0.3) is 0 Å². The topological polar surface area (TPSA) is 67.8 Å². The lowest BCUT2D eigenvalue weighted by molar-refractivity contribution is 0.0944. The van der Waals surface area contributed by atoms with Gasteiger partial charge in [0.2, 0.25) is 0 Å². The summed E-state index contributed by atoms with van der Waals surface area (Å²) in [7, 11) is 0. The van der Waals surface area contributed by atoms with Crippen LogP contribution in [0.5, 0.6) is 11.5 Å². The van der Waals surface area contributed by atoms with Crippen LogP contribution in [-0.4, -0.2) is 37.4 Å². The third-order valence-electron chi connectivity index (χ3n) is 3.06. The molecule has 2 aromatic carbocycles. The molecular weight excluding hydrogens is 294 g/mol. The summed E-state index contributed by atoms with van der Waals surface area (Å²) in [5, 5.41) is 11.3. The van der Waals surface area contributed by atoms with E-state index in [4.69, 9.17) is 14.6 Å². The number of ether oxygens (including phenoxy) is 2. The van der Waals surface area contributed by atoms with Gasteiger partial charge in [-0.1, -0.05) is 24.3 Å². The molecule has 0 saturated carbocycles. The second-order valence-electron chi connectivity index (χ2n) is 4.87. The minimum Gasteiger partial charge on any atom is -0.493 e. The summed E-state index contributed by atoms with van der Waals surface area (Å²) in [5.74, 6) is 1.26. The van der Waals surface area contributed by atoms with Crippen LogP contribution >= 0.6 is 0 Å². The van der Waals surface area contributed by atoms with E-state index in [1.807, 2.05) is 30.3 Å². The number of carbonyl (C=O) groups excluding carboxylic acids is 1. The zero-order chi connectivity index (χ0) is 16.3. The number of rotatable bonds is 9. The first kappa shape index (κ1) is 16.8. The van der Waals surface area contributed by atoms with Gasteiger partial charge in [-0.25, -0.2) is 0 Å². The first-order chi connectivity index (χ1) is 11.3. The first-order valence-electron chi connectivity index (χ1n) is 7.59. The van der Waals surface area contributed by atoms with Crippen molar-refractivity contribution in [3.8, 4) is 11.5 Å². The van der Waals surface area contributed by atoms with Crippen molar-refractivity contribution < 1.29 is 19.4 Å². The predicted octanol–water partition coefficient (Wildman–Crippen LogP) is 2.26. The van der Waals surface area contributed by atoms with Crippen LogP contribution in [0.3, 0.4) is 0 Å². The third kappa shape index (κ3) is 6.00. The lowest BCUT2D eigenvalue weighted by atomic mass is 10.2. The van der Waals surface area contributed by atoms with Crippen molar-refractivity contribution in [2.75, 3.05) is 26.4 Å². The zero-order valence-corrected chi connectivity index (χ0v) is 12.9. The minimum absolute atomic E-state index is 0.0800. The van der Waals surface area contributed by atoms with Crippen LogP contribution in [0, 0.1) is 0 Å². The van der Waals surface area contributed by atoms with Crippen LogP contribution in [0.2, 0.25) is 0 Å². The summed E-state index contributed by atoms with van der Waals surface area (Å²) >= 11 is 0. The molecule has 0 unspecified atom stereocenters. The molecule has 0 aliphatic carbocycles. The predicted molar refractivity (Wildman–Crippen MR) is 87.9 cm³/mol. The maximum absolute atomic E-state index is 11.8. The number of aliphatic hydroxyl groups excluding tert-OH is 1. The molecule has 2 rings (SSSR count). The van der Waals surface area contributed by atoms with E-state index in [0.717, 1.165) is 12.2 Å². The van der Waals surface area contributed by atoms with E-state index in [9.17, 15) is 4.79 Å². The Morgan fingerprint density at radius 3 is 2.39 bits per heavy atom. The largest absolute Gasteiger partial charge is 0.493 e. The Kier molecular flexibility index (Phi) is 6.94. The van der Waals surface area contributed by atoms with E-state index in [2.05, 4.69) is 5.32 Å². The van der Waals surface area contributed by atoms with Gasteiger partial charge in [-0.05, 0) is 30.3 Å². The number of hydrogen-bond donors (Lipinski definition) is 2. The molecule has 0 spiro atoms. The number of hydrogen-bond acceptors (Lipinski definition) is 4. The highest BCUT2D eigenvalue weighted by molar-refractivity contribution is 5.94. The van der Waals surface area contributed by atoms with E-state index in [1.54, 1.807) is 24.3 Å². The summed E-state index contributed by atoms with van der Waals surface area (Å²) in [6.07, 6.45) is 0.746. The third-order valence-corrected chi connectivity index (χ3v) is 3.06. The van der Waals surface area contributed by atoms with Crippen molar-refractivity contribution in [1.29, 1.82) is 0 Å². The molecule has 0 aliphatic heterocycles. The molecule has 0 fully saturated rings. The summed E-state index contributed by atoms with van der Waals surface area (Å²) in [6, 6.07) is 16.6. The van der Waals surface area contributed by atoms with Gasteiger partial charge >= 0.3 is 0 Å². The Labute approximate surface area is 135 Å². The van der Waals surface area contributed by atoms with Crippen molar-refractivity contribution in [2.45, 2.75) is 6.42 Å². The number of nitrogens with one attached hydrogen (secondary N) is 1. The molecule has 5 nitrogen and oxygen atoms in total. The van der Waals surface area contributed by atoms with Crippen molar-refractivity contribution in [1.82, 2.24) is 5.32 Å². The second-order valence-corrected chi connectivity index (χ2v) is 4.87. The Morgan fingerprint density at radius 2 is 1.65 bits per heavy atom. The lowest BCUT2D eigenvalue weighted by Gasteiger charge is -2.09. The van der Waals surface area contributed by atoms with Gasteiger partial charge in [0, 0.05) is 18.5 Å². The van der Waals surface area contributed by atoms with Gasteiger partial charge in [-0.15, -0.1) is 0 Å². The van der Waals surface area contributed by atoms with Gasteiger partial charge in [0.15, 0.2) is 0 Å². The van der Waals surface area contributed by atoms with Crippen molar-refractivity contribution in [3.05, 3.63) is 60.2 Å². The molecule has 0 radical (unpaired) electrons. The standard InChI is InChI=1S/C18H21NO4/c20-11-10-19-18(21)15-6-4-9-17(14-15)23-13-5-12-22-16-7-2-1-3-8-16/h1-4,6-9,14,20H,5,10-13H2,(H,19,21). The molecule has 0 saturated heterocycles. The highest BCUT2D eigenvalue weighted by Crippen LogP contribution is 2.14. The summed E-state index contributed by atoms with van der Waals surface area (Å²) in [5.41, 5.74) is 0.511. The van der Waals surface area contributed by atoms with E-state index in [1.165, 1.54) is 0 Å². The Morgan fingerprint density at radius 1 is 0.957 bits per heavy atom. The highest BCUT2D eigenvalue weighted by Gasteiger charge is 2.05. The van der Waals surface area contributed by atoms with Gasteiger partial charge in [-0.2, -0.15) is 0 Å². The van der Waals surface area contributed by atoms with Crippen LogP contribution in [-0.2, 0) is 0 Å². The number of benzene rings is 2. The molecule has 0 aromatic heterocycles. The number of para-hydroxylation sites is 1. The van der Waals surface area contributed by atoms with Crippen molar-refractivity contribution in [2.24, 2.45) is 0 Å². The molecule has 23 heavy (non-hydrogen) atoms. The van der Waals surface area contributed by atoms with Crippen LogP contribution in [0.1, 0.15) is 16.8 Å². The SMILES string of the molecule is O=C(NCCO)c1cccc(OCCCOc2ccccc2)c1. The first-order valence-corrected chi connectivity index (χ1v) is 7.59. The summed E-state index contributed by atoms with van der Waals surface area (Å²) in [4.78, 5) is 11.8. The Bertz CT molecular complexity index is 601. The normalized spacial score (nSPS) is 10.1. The Hall–Kier alpha value is -2.53.